The average molecular weight is 312 g/mol. The number of hydrogen-bond donors (Lipinski definition) is 3. The van der Waals surface area contributed by atoms with Gasteiger partial charge in [0.25, 0.3) is 0 Å². The molecule has 2 rings (SSSR count). The summed E-state index contributed by atoms with van der Waals surface area (Å²) < 4.78 is 5.56. The van der Waals surface area contributed by atoms with E-state index in [0.29, 0.717) is 12.8 Å². The summed E-state index contributed by atoms with van der Waals surface area (Å²) in [6.45, 7) is 6.27. The van der Waals surface area contributed by atoms with Gasteiger partial charge in [0, 0.05) is 24.6 Å². The second kappa shape index (κ2) is 6.07. The third kappa shape index (κ3) is 3.07. The maximum atomic E-state index is 12.1. The number of urea groups is 1. The number of carboxylic acids is 1. The summed E-state index contributed by atoms with van der Waals surface area (Å²) in [5.74, 6) is -0.980. The van der Waals surface area contributed by atoms with Crippen molar-refractivity contribution in [3.8, 4) is 0 Å². The van der Waals surface area contributed by atoms with E-state index in [1.165, 1.54) is 0 Å². The number of carbonyl (C=O) groups excluding carboxylic acids is 1. The van der Waals surface area contributed by atoms with Crippen molar-refractivity contribution in [1.29, 1.82) is 0 Å². The van der Waals surface area contributed by atoms with Crippen LogP contribution in [0.4, 0.5) is 4.79 Å². The number of nitrogens with one attached hydrogen (secondary N) is 2. The van der Waals surface area contributed by atoms with Gasteiger partial charge in [-0.25, -0.2) is 4.79 Å². The Labute approximate surface area is 132 Å². The lowest BCUT2D eigenvalue weighted by atomic mass is 9.56. The average Bonchev–Trinajstić information content (AvgIpc) is 2.47. The normalized spacial score (nSPS) is 37.0. The molecule has 2 aliphatic rings. The fourth-order valence-corrected chi connectivity index (χ4v) is 3.59. The number of hydrogen-bond acceptors (Lipinski definition) is 3. The van der Waals surface area contributed by atoms with E-state index >= 15 is 0 Å². The van der Waals surface area contributed by atoms with Gasteiger partial charge in [-0.1, -0.05) is 13.8 Å². The predicted octanol–water partition coefficient (Wildman–Crippen LogP) is 2.13. The van der Waals surface area contributed by atoms with Crippen LogP contribution < -0.4 is 10.6 Å². The van der Waals surface area contributed by atoms with E-state index in [1.54, 1.807) is 7.11 Å². The van der Waals surface area contributed by atoms with E-state index in [4.69, 9.17) is 9.84 Å². The smallest absolute Gasteiger partial charge is 0.315 e. The first kappa shape index (κ1) is 17.1. The minimum absolute atomic E-state index is 0.0765. The Kier molecular flexibility index (Phi) is 4.70. The largest absolute Gasteiger partial charge is 0.481 e. The molecule has 2 unspecified atom stereocenters. The topological polar surface area (TPSA) is 87.7 Å². The van der Waals surface area contributed by atoms with Crippen LogP contribution >= 0.6 is 0 Å². The molecule has 0 aliphatic heterocycles. The SMILES string of the molecule is COC1(C)CC(NC(=O)NC2CCC(C(=O)O)CC2)C1(C)C. The molecular formula is C16H28N2O4. The van der Waals surface area contributed by atoms with Crippen molar-refractivity contribution < 1.29 is 19.4 Å². The molecule has 126 valence electrons. The Bertz CT molecular complexity index is 443. The molecule has 0 bridgehead atoms. The van der Waals surface area contributed by atoms with Crippen molar-refractivity contribution >= 4 is 12.0 Å². The molecule has 0 spiro atoms. The highest BCUT2D eigenvalue weighted by Gasteiger charge is 2.58. The Balaban J connectivity index is 1.77. The molecule has 0 radical (unpaired) electrons. The lowest BCUT2D eigenvalue weighted by Gasteiger charge is -2.59. The van der Waals surface area contributed by atoms with Gasteiger partial charge in [-0.15, -0.1) is 0 Å². The molecule has 2 atom stereocenters. The molecule has 0 aromatic rings. The quantitative estimate of drug-likeness (QED) is 0.742. The van der Waals surface area contributed by atoms with Crippen LogP contribution in [-0.4, -0.2) is 41.9 Å². The van der Waals surface area contributed by atoms with Crippen LogP contribution in [0.3, 0.4) is 0 Å². The highest BCUT2D eigenvalue weighted by atomic mass is 16.5. The summed E-state index contributed by atoms with van der Waals surface area (Å²) in [6.07, 6.45) is 3.53. The second-order valence-corrected chi connectivity index (χ2v) is 7.42. The highest BCUT2D eigenvalue weighted by Crippen LogP contribution is 2.51. The molecule has 2 fully saturated rings. The second-order valence-electron chi connectivity index (χ2n) is 7.42. The third-order valence-corrected chi connectivity index (χ3v) is 6.00. The van der Waals surface area contributed by atoms with Crippen LogP contribution in [0, 0.1) is 11.3 Å². The molecule has 0 aromatic carbocycles. The van der Waals surface area contributed by atoms with Gasteiger partial charge in [-0.2, -0.15) is 0 Å². The van der Waals surface area contributed by atoms with Crippen LogP contribution in [0.25, 0.3) is 0 Å². The van der Waals surface area contributed by atoms with Crippen LogP contribution in [-0.2, 0) is 9.53 Å². The van der Waals surface area contributed by atoms with Gasteiger partial charge in [0.1, 0.15) is 0 Å². The van der Waals surface area contributed by atoms with Crippen LogP contribution in [0.15, 0.2) is 0 Å². The van der Waals surface area contributed by atoms with E-state index in [1.807, 2.05) is 0 Å². The first-order valence-corrected chi connectivity index (χ1v) is 8.04. The molecule has 0 aromatic heterocycles. The number of methoxy groups -OCH3 is 1. The van der Waals surface area contributed by atoms with Crippen molar-refractivity contribution in [2.45, 2.75) is 70.6 Å². The van der Waals surface area contributed by atoms with Crippen molar-refractivity contribution in [2.75, 3.05) is 7.11 Å². The summed E-state index contributed by atoms with van der Waals surface area (Å²) >= 11 is 0. The zero-order valence-electron chi connectivity index (χ0n) is 13.9. The maximum absolute atomic E-state index is 12.1. The lowest BCUT2D eigenvalue weighted by Crippen LogP contribution is -2.69. The summed E-state index contributed by atoms with van der Waals surface area (Å²) in [7, 11) is 1.71. The fourth-order valence-electron chi connectivity index (χ4n) is 3.59. The fraction of sp³-hybridized carbons (Fsp3) is 0.875. The van der Waals surface area contributed by atoms with Crippen molar-refractivity contribution in [1.82, 2.24) is 10.6 Å². The van der Waals surface area contributed by atoms with Gasteiger partial charge in [0.2, 0.25) is 0 Å². The predicted molar refractivity (Wildman–Crippen MR) is 82.6 cm³/mol. The van der Waals surface area contributed by atoms with Gasteiger partial charge in [0.15, 0.2) is 0 Å². The number of ether oxygens (including phenoxy) is 1. The van der Waals surface area contributed by atoms with Crippen molar-refractivity contribution in [2.24, 2.45) is 11.3 Å². The molecule has 0 heterocycles. The van der Waals surface area contributed by atoms with E-state index in [-0.39, 0.29) is 35.0 Å². The third-order valence-electron chi connectivity index (χ3n) is 6.00. The number of amides is 2. The molecule has 2 saturated carbocycles. The minimum atomic E-state index is -0.724. The van der Waals surface area contributed by atoms with E-state index in [9.17, 15) is 9.59 Å². The molecule has 6 heteroatoms. The van der Waals surface area contributed by atoms with Gasteiger partial charge >= 0.3 is 12.0 Å². The zero-order valence-corrected chi connectivity index (χ0v) is 13.9. The van der Waals surface area contributed by atoms with E-state index in [2.05, 4.69) is 31.4 Å². The highest BCUT2D eigenvalue weighted by molar-refractivity contribution is 5.75. The van der Waals surface area contributed by atoms with Crippen molar-refractivity contribution in [3.63, 3.8) is 0 Å². The van der Waals surface area contributed by atoms with Gasteiger partial charge in [0.05, 0.1) is 11.5 Å². The number of carbonyl (C=O) groups is 2. The maximum Gasteiger partial charge on any atom is 0.315 e. The van der Waals surface area contributed by atoms with Gasteiger partial charge in [-0.05, 0) is 39.0 Å². The van der Waals surface area contributed by atoms with Crippen molar-refractivity contribution in [3.05, 3.63) is 0 Å². The lowest BCUT2D eigenvalue weighted by molar-refractivity contribution is -0.177. The Morgan fingerprint density at radius 2 is 1.68 bits per heavy atom. The van der Waals surface area contributed by atoms with E-state index in [0.717, 1.165) is 19.3 Å². The standard InChI is InChI=1S/C16H28N2O4/c1-15(2)12(9-16(15,3)22-4)18-14(21)17-11-7-5-10(6-8-11)13(19)20/h10-12H,5-9H2,1-4H3,(H,19,20)(H2,17,18,21). The Hall–Kier alpha value is -1.30. The molecule has 0 saturated heterocycles. The molecule has 3 N–H and O–H groups in total. The Morgan fingerprint density at radius 3 is 2.14 bits per heavy atom. The molecule has 2 aliphatic carbocycles. The van der Waals surface area contributed by atoms with Crippen LogP contribution in [0.1, 0.15) is 52.9 Å². The summed E-state index contributed by atoms with van der Waals surface area (Å²) in [4.78, 5) is 23.1. The first-order valence-electron chi connectivity index (χ1n) is 8.04. The monoisotopic (exact) mass is 312 g/mol. The molecule has 22 heavy (non-hydrogen) atoms. The molecule has 6 nitrogen and oxygen atoms in total. The van der Waals surface area contributed by atoms with Crippen LogP contribution in [0.2, 0.25) is 0 Å². The zero-order chi connectivity index (χ0) is 16.5. The summed E-state index contributed by atoms with van der Waals surface area (Å²) in [5, 5.41) is 15.0. The van der Waals surface area contributed by atoms with Crippen LogP contribution in [0.5, 0.6) is 0 Å². The molecular weight excluding hydrogens is 284 g/mol. The number of carboxylic acid groups (broad SMARTS) is 1. The minimum Gasteiger partial charge on any atom is -0.481 e. The van der Waals surface area contributed by atoms with E-state index < -0.39 is 5.97 Å². The Morgan fingerprint density at radius 1 is 1.09 bits per heavy atom. The van der Waals surface area contributed by atoms with Gasteiger partial charge < -0.3 is 20.5 Å². The number of rotatable bonds is 4. The van der Waals surface area contributed by atoms with Gasteiger partial charge in [-0.3, -0.25) is 4.79 Å². The summed E-state index contributed by atoms with van der Waals surface area (Å²) in [6, 6.07) is 0.00964. The first-order chi connectivity index (χ1) is 10.2. The molecule has 2 amide bonds. The number of aliphatic carboxylic acids is 1. The summed E-state index contributed by atoms with van der Waals surface area (Å²) in [5.41, 5.74) is -0.315.